The van der Waals surface area contributed by atoms with Gasteiger partial charge in [0.25, 0.3) is 5.91 Å². The minimum atomic E-state index is -0.642. The van der Waals surface area contributed by atoms with Gasteiger partial charge < -0.3 is 5.32 Å². The van der Waals surface area contributed by atoms with Crippen molar-refractivity contribution in [3.05, 3.63) is 44.3 Å². The first kappa shape index (κ1) is 17.4. The first-order valence-electron chi connectivity index (χ1n) is 9.66. The quantitative estimate of drug-likeness (QED) is 0.792. The van der Waals surface area contributed by atoms with Gasteiger partial charge in [0, 0.05) is 16.3 Å². The second-order valence-electron chi connectivity index (χ2n) is 7.73. The second kappa shape index (κ2) is 6.72. The largest absolute Gasteiger partial charge is 0.326 e. The van der Waals surface area contributed by atoms with Crippen molar-refractivity contribution in [2.24, 2.45) is 0 Å². The van der Waals surface area contributed by atoms with Crippen molar-refractivity contribution >= 4 is 34.6 Å². The van der Waals surface area contributed by atoms with Gasteiger partial charge in [-0.2, -0.15) is 0 Å². The normalized spacial score (nSPS) is 25.0. The van der Waals surface area contributed by atoms with Gasteiger partial charge in [-0.25, -0.2) is 9.69 Å². The summed E-state index contributed by atoms with van der Waals surface area (Å²) in [6.45, 7) is 1.23. The van der Waals surface area contributed by atoms with Gasteiger partial charge in [-0.3, -0.25) is 9.69 Å². The van der Waals surface area contributed by atoms with Crippen LogP contribution in [0.3, 0.4) is 0 Å². The van der Waals surface area contributed by atoms with Crippen LogP contribution >= 0.6 is 22.7 Å². The SMILES string of the molecule is O=C1NC2(CCCCC2)C(=O)N1CN1CCc2sccc2[C@@H]1c1cccs1. The molecule has 4 heterocycles. The van der Waals surface area contributed by atoms with Crippen LogP contribution in [0.4, 0.5) is 4.79 Å². The molecule has 5 nitrogen and oxygen atoms in total. The molecule has 0 bridgehead atoms. The van der Waals surface area contributed by atoms with E-state index in [-0.39, 0.29) is 18.0 Å². The molecule has 3 amide bonds. The van der Waals surface area contributed by atoms with E-state index in [1.54, 1.807) is 11.3 Å². The number of carbonyl (C=O) groups is 2. The number of imide groups is 1. The highest BCUT2D eigenvalue weighted by atomic mass is 32.1. The van der Waals surface area contributed by atoms with Crippen molar-refractivity contribution in [2.75, 3.05) is 13.2 Å². The highest BCUT2D eigenvalue weighted by molar-refractivity contribution is 7.10. The Morgan fingerprint density at radius 3 is 2.74 bits per heavy atom. The van der Waals surface area contributed by atoms with E-state index in [1.807, 2.05) is 11.3 Å². The molecule has 2 fully saturated rings. The summed E-state index contributed by atoms with van der Waals surface area (Å²) in [5.74, 6) is -0.0201. The molecule has 2 aromatic heterocycles. The molecule has 2 aromatic rings. The summed E-state index contributed by atoms with van der Waals surface area (Å²) < 4.78 is 0. The number of thiophene rings is 2. The van der Waals surface area contributed by atoms with Crippen LogP contribution in [0.1, 0.15) is 53.5 Å². The lowest BCUT2D eigenvalue weighted by molar-refractivity contribution is -0.134. The van der Waals surface area contributed by atoms with Crippen LogP contribution in [0.25, 0.3) is 0 Å². The fourth-order valence-electron chi connectivity index (χ4n) is 4.78. The molecule has 0 radical (unpaired) electrons. The summed E-state index contributed by atoms with van der Waals surface area (Å²) >= 11 is 3.55. The number of nitrogens with one attached hydrogen (secondary N) is 1. The predicted octanol–water partition coefficient (Wildman–Crippen LogP) is 3.97. The summed E-state index contributed by atoms with van der Waals surface area (Å²) in [5, 5.41) is 7.29. The van der Waals surface area contributed by atoms with E-state index in [2.05, 4.69) is 39.2 Å². The molecular weight excluding hydrogens is 378 g/mol. The Labute approximate surface area is 167 Å². The van der Waals surface area contributed by atoms with E-state index in [1.165, 1.54) is 20.2 Å². The Balaban J connectivity index is 1.43. The van der Waals surface area contributed by atoms with E-state index in [0.29, 0.717) is 6.67 Å². The lowest BCUT2D eigenvalue weighted by atomic mass is 9.82. The fourth-order valence-corrected chi connectivity index (χ4v) is 6.56. The van der Waals surface area contributed by atoms with Crippen LogP contribution < -0.4 is 5.32 Å². The number of fused-ring (bicyclic) bond motifs is 1. The van der Waals surface area contributed by atoms with Crippen LogP contribution in [0.2, 0.25) is 0 Å². The van der Waals surface area contributed by atoms with E-state index in [4.69, 9.17) is 0 Å². The maximum atomic E-state index is 13.2. The summed E-state index contributed by atoms with van der Waals surface area (Å²) in [7, 11) is 0. The van der Waals surface area contributed by atoms with Gasteiger partial charge in [-0.05, 0) is 47.7 Å². The molecule has 1 N–H and O–H groups in total. The van der Waals surface area contributed by atoms with Crippen LogP contribution in [0.15, 0.2) is 29.0 Å². The van der Waals surface area contributed by atoms with Gasteiger partial charge in [0.1, 0.15) is 5.54 Å². The molecule has 1 saturated carbocycles. The van der Waals surface area contributed by atoms with Crippen LogP contribution in [0.5, 0.6) is 0 Å². The molecule has 0 unspecified atom stereocenters. The number of carbonyl (C=O) groups excluding carboxylic acids is 2. The number of urea groups is 1. The molecule has 3 aliphatic rings. The van der Waals surface area contributed by atoms with Gasteiger partial charge in [0.2, 0.25) is 0 Å². The number of rotatable bonds is 3. The van der Waals surface area contributed by atoms with Crippen molar-refractivity contribution in [1.29, 1.82) is 0 Å². The first-order valence-corrected chi connectivity index (χ1v) is 11.4. The summed E-state index contributed by atoms with van der Waals surface area (Å²) in [4.78, 5) is 32.3. The van der Waals surface area contributed by atoms with E-state index < -0.39 is 5.54 Å². The van der Waals surface area contributed by atoms with E-state index in [9.17, 15) is 9.59 Å². The zero-order chi connectivity index (χ0) is 18.4. The maximum absolute atomic E-state index is 13.2. The fraction of sp³-hybridized carbons (Fsp3) is 0.500. The molecule has 142 valence electrons. The highest BCUT2D eigenvalue weighted by Gasteiger charge is 2.52. The molecular formula is C20H23N3O2S2. The monoisotopic (exact) mass is 401 g/mol. The summed E-state index contributed by atoms with van der Waals surface area (Å²) in [5.41, 5.74) is 0.685. The number of hydrogen-bond acceptors (Lipinski definition) is 5. The lowest BCUT2D eigenvalue weighted by Gasteiger charge is -2.37. The molecule has 1 spiro atoms. The predicted molar refractivity (Wildman–Crippen MR) is 107 cm³/mol. The van der Waals surface area contributed by atoms with Crippen LogP contribution in [-0.2, 0) is 11.2 Å². The zero-order valence-electron chi connectivity index (χ0n) is 15.1. The van der Waals surface area contributed by atoms with Crippen molar-refractivity contribution in [3.63, 3.8) is 0 Å². The minimum Gasteiger partial charge on any atom is -0.323 e. The highest BCUT2D eigenvalue weighted by Crippen LogP contribution is 2.40. The minimum absolute atomic E-state index is 0.0201. The van der Waals surface area contributed by atoms with E-state index >= 15 is 0 Å². The standard InChI is InChI=1S/C20H23N3O2S2/c24-18-20(8-2-1-3-9-20)21-19(25)23(18)13-22-10-6-15-14(7-12-27-15)17(22)16-5-4-11-26-16/h4-5,7,11-12,17H,1-3,6,8-10,13H2,(H,21,25)/t17-/m1/s1. The summed E-state index contributed by atoms with van der Waals surface area (Å²) in [6.07, 6.45) is 5.70. The molecule has 27 heavy (non-hydrogen) atoms. The van der Waals surface area contributed by atoms with Crippen LogP contribution in [-0.4, -0.2) is 40.5 Å². The summed E-state index contributed by atoms with van der Waals surface area (Å²) in [6, 6.07) is 6.34. The molecule has 1 atom stereocenters. The lowest BCUT2D eigenvalue weighted by Crippen LogP contribution is -2.49. The van der Waals surface area contributed by atoms with Gasteiger partial charge in [-0.1, -0.05) is 25.3 Å². The smallest absolute Gasteiger partial charge is 0.323 e. The van der Waals surface area contributed by atoms with Crippen molar-refractivity contribution < 1.29 is 9.59 Å². The first-order chi connectivity index (χ1) is 13.2. The average molecular weight is 402 g/mol. The second-order valence-corrected chi connectivity index (χ2v) is 9.71. The Bertz CT molecular complexity index is 854. The number of hydrogen-bond donors (Lipinski definition) is 1. The molecule has 1 aliphatic carbocycles. The van der Waals surface area contributed by atoms with Gasteiger partial charge in [-0.15, -0.1) is 22.7 Å². The van der Waals surface area contributed by atoms with Crippen molar-refractivity contribution in [2.45, 2.75) is 50.1 Å². The Kier molecular flexibility index (Phi) is 4.33. The Hall–Kier alpha value is -1.70. The molecule has 7 heteroatoms. The van der Waals surface area contributed by atoms with Crippen molar-refractivity contribution in [1.82, 2.24) is 15.1 Å². The third-order valence-electron chi connectivity index (χ3n) is 6.15. The number of amides is 3. The molecule has 5 rings (SSSR count). The third kappa shape index (κ3) is 2.83. The van der Waals surface area contributed by atoms with Crippen molar-refractivity contribution in [3.8, 4) is 0 Å². The Morgan fingerprint density at radius 2 is 1.96 bits per heavy atom. The van der Waals surface area contributed by atoms with Gasteiger partial charge in [0.05, 0.1) is 12.7 Å². The molecule has 1 saturated heterocycles. The Morgan fingerprint density at radius 1 is 1.11 bits per heavy atom. The topological polar surface area (TPSA) is 52.7 Å². The third-order valence-corrected chi connectivity index (χ3v) is 8.08. The average Bonchev–Trinajstić information content (AvgIpc) is 3.40. The molecule has 0 aromatic carbocycles. The van der Waals surface area contributed by atoms with E-state index in [0.717, 1.165) is 45.1 Å². The molecule has 2 aliphatic heterocycles. The van der Waals surface area contributed by atoms with Gasteiger partial charge >= 0.3 is 6.03 Å². The van der Waals surface area contributed by atoms with Gasteiger partial charge in [0.15, 0.2) is 0 Å². The maximum Gasteiger partial charge on any atom is 0.326 e. The zero-order valence-corrected chi connectivity index (χ0v) is 16.8. The number of nitrogens with zero attached hydrogens (tertiary/aromatic N) is 2. The van der Waals surface area contributed by atoms with Crippen LogP contribution in [0, 0.1) is 0 Å².